The van der Waals surface area contributed by atoms with Gasteiger partial charge in [0.2, 0.25) is 0 Å². The van der Waals surface area contributed by atoms with Crippen LogP contribution in [0.5, 0.6) is 0 Å². The third kappa shape index (κ3) is 2.52. The minimum atomic E-state index is -0.143. The third-order valence-electron chi connectivity index (χ3n) is 4.49. The molecular weight excluding hydrogens is 224 g/mol. The Bertz CT molecular complexity index is 364. The minimum Gasteiger partial charge on any atom is -0.454 e. The minimum absolute atomic E-state index is 0.0540. The second kappa shape index (κ2) is 5.73. The van der Waals surface area contributed by atoms with Gasteiger partial charge in [0, 0.05) is 11.0 Å². The van der Waals surface area contributed by atoms with Crippen molar-refractivity contribution in [1.29, 1.82) is 0 Å². The summed E-state index contributed by atoms with van der Waals surface area (Å²) in [5, 5.41) is 0. The number of esters is 1. The van der Waals surface area contributed by atoms with Crippen molar-refractivity contribution in [3.05, 3.63) is 23.3 Å². The molecule has 0 N–H and O–H groups in total. The number of rotatable bonds is 6. The van der Waals surface area contributed by atoms with Crippen LogP contribution >= 0.6 is 0 Å². The topological polar surface area (TPSA) is 26.3 Å². The Morgan fingerprint density at radius 3 is 2.17 bits per heavy atom. The maximum Gasteiger partial charge on any atom is 0.334 e. The highest BCUT2D eigenvalue weighted by Crippen LogP contribution is 2.44. The van der Waals surface area contributed by atoms with Gasteiger partial charge in [-0.3, -0.25) is 0 Å². The Morgan fingerprint density at radius 2 is 1.78 bits per heavy atom. The fraction of sp³-hybridized carbons (Fsp3) is 0.688. The van der Waals surface area contributed by atoms with Crippen molar-refractivity contribution in [3.63, 3.8) is 0 Å². The molecule has 0 saturated heterocycles. The van der Waals surface area contributed by atoms with Crippen LogP contribution in [0.4, 0.5) is 0 Å². The third-order valence-corrected chi connectivity index (χ3v) is 4.49. The Kier molecular flexibility index (Phi) is 4.78. The standard InChI is InChI=1S/C16H26O2/c1-7-16(8-2,9-3)14-13(10-11(4)5)12(6)15(17)18-14/h14H,4,7-10H2,1-3,5-6H3. The van der Waals surface area contributed by atoms with Crippen LogP contribution in [-0.4, -0.2) is 12.1 Å². The predicted molar refractivity (Wildman–Crippen MR) is 75.3 cm³/mol. The Hall–Kier alpha value is -1.05. The van der Waals surface area contributed by atoms with E-state index in [1.807, 2.05) is 13.8 Å². The lowest BCUT2D eigenvalue weighted by Gasteiger charge is -2.37. The van der Waals surface area contributed by atoms with Gasteiger partial charge in [-0.25, -0.2) is 4.79 Å². The van der Waals surface area contributed by atoms with E-state index in [9.17, 15) is 4.79 Å². The second-order valence-electron chi connectivity index (χ2n) is 5.49. The van der Waals surface area contributed by atoms with Crippen molar-refractivity contribution in [2.45, 2.75) is 66.4 Å². The summed E-state index contributed by atoms with van der Waals surface area (Å²) in [4.78, 5) is 11.9. The monoisotopic (exact) mass is 250 g/mol. The van der Waals surface area contributed by atoms with Crippen LogP contribution in [0.3, 0.4) is 0 Å². The van der Waals surface area contributed by atoms with E-state index in [1.54, 1.807) is 0 Å². The Morgan fingerprint density at radius 1 is 1.28 bits per heavy atom. The molecule has 1 unspecified atom stereocenters. The maximum absolute atomic E-state index is 11.9. The van der Waals surface area contributed by atoms with E-state index >= 15 is 0 Å². The number of hydrogen-bond donors (Lipinski definition) is 0. The molecule has 0 spiro atoms. The van der Waals surface area contributed by atoms with Crippen molar-refractivity contribution in [1.82, 2.24) is 0 Å². The average Bonchev–Trinajstić information content (AvgIpc) is 2.61. The van der Waals surface area contributed by atoms with E-state index in [2.05, 4.69) is 27.4 Å². The van der Waals surface area contributed by atoms with Crippen LogP contribution in [-0.2, 0) is 9.53 Å². The summed E-state index contributed by atoms with van der Waals surface area (Å²) in [6.07, 6.45) is 3.83. The lowest BCUT2D eigenvalue weighted by molar-refractivity contribution is -0.145. The molecule has 0 aromatic heterocycles. The molecule has 0 fully saturated rings. The number of hydrogen-bond acceptors (Lipinski definition) is 2. The molecule has 0 aliphatic carbocycles. The van der Waals surface area contributed by atoms with Crippen molar-refractivity contribution in [3.8, 4) is 0 Å². The van der Waals surface area contributed by atoms with Crippen LogP contribution in [0.2, 0.25) is 0 Å². The van der Waals surface area contributed by atoms with Gasteiger partial charge in [0.1, 0.15) is 6.10 Å². The summed E-state index contributed by atoms with van der Waals surface area (Å²) in [6, 6.07) is 0. The first-order valence-electron chi connectivity index (χ1n) is 6.96. The van der Waals surface area contributed by atoms with Gasteiger partial charge in [-0.15, -0.1) is 0 Å². The molecule has 0 radical (unpaired) electrons. The first-order valence-corrected chi connectivity index (χ1v) is 6.96. The van der Waals surface area contributed by atoms with Crippen LogP contribution in [0.25, 0.3) is 0 Å². The maximum atomic E-state index is 11.9. The van der Waals surface area contributed by atoms with Gasteiger partial charge in [0.05, 0.1) is 0 Å². The molecule has 1 heterocycles. The summed E-state index contributed by atoms with van der Waals surface area (Å²) < 4.78 is 5.67. The normalized spacial score (nSPS) is 20.3. The summed E-state index contributed by atoms with van der Waals surface area (Å²) in [6.45, 7) is 14.4. The zero-order valence-corrected chi connectivity index (χ0v) is 12.4. The summed E-state index contributed by atoms with van der Waals surface area (Å²) in [5.41, 5.74) is 3.11. The molecule has 1 rings (SSSR count). The number of allylic oxidation sites excluding steroid dienone is 1. The highest BCUT2D eigenvalue weighted by molar-refractivity contribution is 5.91. The highest BCUT2D eigenvalue weighted by Gasteiger charge is 2.44. The van der Waals surface area contributed by atoms with Gasteiger partial charge in [-0.2, -0.15) is 0 Å². The van der Waals surface area contributed by atoms with Crippen LogP contribution in [0.1, 0.15) is 60.3 Å². The van der Waals surface area contributed by atoms with Crippen molar-refractivity contribution in [2.24, 2.45) is 5.41 Å². The van der Waals surface area contributed by atoms with Crippen molar-refractivity contribution < 1.29 is 9.53 Å². The molecule has 0 bridgehead atoms. The molecule has 1 atom stereocenters. The molecule has 0 aromatic carbocycles. The van der Waals surface area contributed by atoms with Crippen molar-refractivity contribution in [2.75, 3.05) is 0 Å². The average molecular weight is 250 g/mol. The zero-order valence-electron chi connectivity index (χ0n) is 12.4. The quantitative estimate of drug-likeness (QED) is 0.515. The number of carbonyl (C=O) groups is 1. The van der Waals surface area contributed by atoms with Crippen LogP contribution in [0.15, 0.2) is 23.3 Å². The Labute approximate surface area is 111 Å². The smallest absolute Gasteiger partial charge is 0.334 e. The molecule has 2 heteroatoms. The molecule has 1 aliphatic rings. The summed E-state index contributed by atoms with van der Waals surface area (Å²) >= 11 is 0. The molecule has 0 aromatic rings. The van der Waals surface area contributed by atoms with E-state index in [4.69, 9.17) is 4.74 Å². The lowest BCUT2D eigenvalue weighted by Crippen LogP contribution is -2.35. The summed E-state index contributed by atoms with van der Waals surface area (Å²) in [5.74, 6) is -0.143. The molecule has 102 valence electrons. The van der Waals surface area contributed by atoms with Crippen LogP contribution < -0.4 is 0 Å². The number of cyclic esters (lactones) is 1. The molecule has 0 amide bonds. The fourth-order valence-corrected chi connectivity index (χ4v) is 2.95. The largest absolute Gasteiger partial charge is 0.454 e. The van der Waals surface area contributed by atoms with Crippen LogP contribution in [0, 0.1) is 5.41 Å². The van der Waals surface area contributed by atoms with E-state index < -0.39 is 0 Å². The fourth-order valence-electron chi connectivity index (χ4n) is 2.95. The molecular formula is C16H26O2. The van der Waals surface area contributed by atoms with Crippen molar-refractivity contribution >= 4 is 5.97 Å². The van der Waals surface area contributed by atoms with Gasteiger partial charge in [-0.1, -0.05) is 32.9 Å². The van der Waals surface area contributed by atoms with Gasteiger partial charge in [-0.05, 0) is 45.1 Å². The SMILES string of the molecule is C=C(C)CC1=C(C)C(=O)OC1C(CC)(CC)CC. The molecule has 2 nitrogen and oxygen atoms in total. The van der Waals surface area contributed by atoms with E-state index in [0.717, 1.165) is 42.4 Å². The number of carbonyl (C=O) groups excluding carboxylic acids is 1. The second-order valence-corrected chi connectivity index (χ2v) is 5.49. The predicted octanol–water partition coefficient (Wildman–Crippen LogP) is 4.41. The zero-order chi connectivity index (χ0) is 13.9. The lowest BCUT2D eigenvalue weighted by atomic mass is 9.71. The first kappa shape index (κ1) is 15.0. The summed E-state index contributed by atoms with van der Waals surface area (Å²) in [7, 11) is 0. The van der Waals surface area contributed by atoms with Gasteiger partial charge >= 0.3 is 5.97 Å². The van der Waals surface area contributed by atoms with E-state index in [0.29, 0.717) is 0 Å². The molecule has 0 saturated carbocycles. The molecule has 18 heavy (non-hydrogen) atoms. The first-order chi connectivity index (χ1) is 8.41. The Balaban J connectivity index is 3.15. The van der Waals surface area contributed by atoms with E-state index in [1.165, 1.54) is 0 Å². The van der Waals surface area contributed by atoms with E-state index in [-0.39, 0.29) is 17.5 Å². The number of ether oxygens (including phenoxy) is 1. The van der Waals surface area contributed by atoms with Gasteiger partial charge < -0.3 is 4.74 Å². The highest BCUT2D eigenvalue weighted by atomic mass is 16.5. The van der Waals surface area contributed by atoms with Gasteiger partial charge in [0.15, 0.2) is 0 Å². The van der Waals surface area contributed by atoms with Gasteiger partial charge in [0.25, 0.3) is 0 Å². The molecule has 1 aliphatic heterocycles.